The molecule has 0 aliphatic carbocycles. The molecule has 1 aliphatic heterocycles. The lowest BCUT2D eigenvalue weighted by Crippen LogP contribution is -2.09. The second-order valence-electron chi connectivity index (χ2n) is 3.92. The van der Waals surface area contributed by atoms with Crippen molar-refractivity contribution in [2.24, 2.45) is 5.73 Å². The highest BCUT2D eigenvalue weighted by Gasteiger charge is 2.13. The van der Waals surface area contributed by atoms with Gasteiger partial charge in [-0.05, 0) is 23.1 Å². The summed E-state index contributed by atoms with van der Waals surface area (Å²) < 4.78 is 5.37. The summed E-state index contributed by atoms with van der Waals surface area (Å²) in [6.45, 7) is 3.68. The Morgan fingerprint density at radius 3 is 2.93 bits per heavy atom. The highest BCUT2D eigenvalue weighted by atomic mass is 16.5. The Morgan fingerprint density at radius 1 is 1.36 bits per heavy atom. The highest BCUT2D eigenvalue weighted by Crippen LogP contribution is 2.24. The molecule has 1 atom stereocenters. The monoisotopic (exact) mass is 191 g/mol. The summed E-state index contributed by atoms with van der Waals surface area (Å²) in [6.07, 6.45) is 2.19. The van der Waals surface area contributed by atoms with Gasteiger partial charge < -0.3 is 10.5 Å². The molecule has 0 saturated heterocycles. The van der Waals surface area contributed by atoms with Crippen LogP contribution >= 0.6 is 0 Å². The standard InChI is InChI=1S/C12H17NO/c1-2-3-12(13)9-4-5-10-7-14-8-11(10)6-9/h4-6,12H,2-3,7-8,13H2,1H3. The van der Waals surface area contributed by atoms with E-state index in [1.165, 1.54) is 16.7 Å². The summed E-state index contributed by atoms with van der Waals surface area (Å²) in [4.78, 5) is 0. The quantitative estimate of drug-likeness (QED) is 0.796. The molecule has 1 aromatic rings. The maximum Gasteiger partial charge on any atom is 0.0725 e. The van der Waals surface area contributed by atoms with Crippen molar-refractivity contribution in [2.75, 3.05) is 0 Å². The Balaban J connectivity index is 2.19. The first-order valence-electron chi connectivity index (χ1n) is 5.26. The molecule has 1 aromatic carbocycles. The van der Waals surface area contributed by atoms with Crippen LogP contribution in [0.25, 0.3) is 0 Å². The predicted molar refractivity (Wildman–Crippen MR) is 56.8 cm³/mol. The first-order chi connectivity index (χ1) is 6.81. The molecule has 0 aromatic heterocycles. The normalized spacial score (nSPS) is 16.7. The molecule has 0 bridgehead atoms. The summed E-state index contributed by atoms with van der Waals surface area (Å²) in [6, 6.07) is 6.66. The van der Waals surface area contributed by atoms with Gasteiger partial charge in [-0.1, -0.05) is 31.5 Å². The van der Waals surface area contributed by atoms with Crippen molar-refractivity contribution in [3.63, 3.8) is 0 Å². The summed E-state index contributed by atoms with van der Waals surface area (Å²) >= 11 is 0. The Bertz CT molecular complexity index is 322. The summed E-state index contributed by atoms with van der Waals surface area (Å²) in [5, 5.41) is 0. The fraction of sp³-hybridized carbons (Fsp3) is 0.500. The van der Waals surface area contributed by atoms with Crippen molar-refractivity contribution in [1.29, 1.82) is 0 Å². The van der Waals surface area contributed by atoms with Gasteiger partial charge in [0, 0.05) is 6.04 Å². The van der Waals surface area contributed by atoms with Crippen LogP contribution in [0.2, 0.25) is 0 Å². The van der Waals surface area contributed by atoms with Crippen LogP contribution in [0.3, 0.4) is 0 Å². The van der Waals surface area contributed by atoms with E-state index in [4.69, 9.17) is 10.5 Å². The second kappa shape index (κ2) is 4.11. The Hall–Kier alpha value is -0.860. The maximum absolute atomic E-state index is 6.06. The van der Waals surface area contributed by atoms with E-state index in [0.717, 1.165) is 26.1 Å². The minimum Gasteiger partial charge on any atom is -0.372 e. The van der Waals surface area contributed by atoms with E-state index in [2.05, 4.69) is 25.1 Å². The molecule has 0 saturated carbocycles. The van der Waals surface area contributed by atoms with Gasteiger partial charge >= 0.3 is 0 Å². The van der Waals surface area contributed by atoms with Gasteiger partial charge in [0.15, 0.2) is 0 Å². The summed E-state index contributed by atoms with van der Waals surface area (Å²) in [7, 11) is 0. The third-order valence-electron chi connectivity index (χ3n) is 2.77. The van der Waals surface area contributed by atoms with E-state index in [1.54, 1.807) is 0 Å². The van der Waals surface area contributed by atoms with Gasteiger partial charge in [0.25, 0.3) is 0 Å². The van der Waals surface area contributed by atoms with E-state index < -0.39 is 0 Å². The summed E-state index contributed by atoms with van der Waals surface area (Å²) in [5.41, 5.74) is 9.94. The number of hydrogen-bond acceptors (Lipinski definition) is 2. The minimum absolute atomic E-state index is 0.186. The number of ether oxygens (including phenoxy) is 1. The van der Waals surface area contributed by atoms with Crippen LogP contribution in [0, 0.1) is 0 Å². The molecule has 2 rings (SSSR count). The van der Waals surface area contributed by atoms with Gasteiger partial charge in [0.05, 0.1) is 13.2 Å². The fourth-order valence-corrected chi connectivity index (χ4v) is 1.90. The smallest absolute Gasteiger partial charge is 0.0725 e. The third kappa shape index (κ3) is 1.81. The van der Waals surface area contributed by atoms with Crippen molar-refractivity contribution in [1.82, 2.24) is 0 Å². The topological polar surface area (TPSA) is 35.2 Å². The SMILES string of the molecule is CCCC(N)c1ccc2c(c1)COC2. The average molecular weight is 191 g/mol. The van der Waals surface area contributed by atoms with E-state index in [0.29, 0.717) is 0 Å². The molecule has 0 amide bonds. The average Bonchev–Trinajstić information content (AvgIpc) is 2.64. The molecule has 1 heterocycles. The molecular weight excluding hydrogens is 174 g/mol. The van der Waals surface area contributed by atoms with E-state index in [9.17, 15) is 0 Å². The van der Waals surface area contributed by atoms with Gasteiger partial charge in [0.2, 0.25) is 0 Å². The molecule has 0 fully saturated rings. The van der Waals surface area contributed by atoms with Crippen molar-refractivity contribution < 1.29 is 4.74 Å². The molecule has 76 valence electrons. The van der Waals surface area contributed by atoms with Gasteiger partial charge in [0.1, 0.15) is 0 Å². The Labute approximate surface area is 85.1 Å². The lowest BCUT2D eigenvalue weighted by molar-refractivity contribution is 0.134. The van der Waals surface area contributed by atoms with Crippen LogP contribution in [0.15, 0.2) is 18.2 Å². The van der Waals surface area contributed by atoms with Crippen molar-refractivity contribution >= 4 is 0 Å². The van der Waals surface area contributed by atoms with Crippen LogP contribution in [0.1, 0.15) is 42.5 Å². The number of hydrogen-bond donors (Lipinski definition) is 1. The molecule has 2 heteroatoms. The lowest BCUT2D eigenvalue weighted by atomic mass is 9.99. The van der Waals surface area contributed by atoms with Gasteiger partial charge in [-0.25, -0.2) is 0 Å². The number of benzene rings is 1. The Morgan fingerprint density at radius 2 is 2.14 bits per heavy atom. The van der Waals surface area contributed by atoms with Crippen LogP contribution in [-0.2, 0) is 18.0 Å². The first-order valence-corrected chi connectivity index (χ1v) is 5.26. The molecule has 1 unspecified atom stereocenters. The summed E-state index contributed by atoms with van der Waals surface area (Å²) in [5.74, 6) is 0. The van der Waals surface area contributed by atoms with Crippen molar-refractivity contribution in [2.45, 2.75) is 39.0 Å². The fourth-order valence-electron chi connectivity index (χ4n) is 1.90. The highest BCUT2D eigenvalue weighted by molar-refractivity contribution is 5.34. The van der Waals surface area contributed by atoms with Gasteiger partial charge in [-0.2, -0.15) is 0 Å². The minimum atomic E-state index is 0.186. The predicted octanol–water partition coefficient (Wildman–Crippen LogP) is 2.52. The third-order valence-corrected chi connectivity index (χ3v) is 2.77. The molecule has 14 heavy (non-hydrogen) atoms. The zero-order valence-electron chi connectivity index (χ0n) is 8.62. The molecule has 0 spiro atoms. The second-order valence-corrected chi connectivity index (χ2v) is 3.92. The van der Waals surface area contributed by atoms with Crippen molar-refractivity contribution in [3.05, 3.63) is 34.9 Å². The molecule has 0 radical (unpaired) electrons. The molecule has 2 nitrogen and oxygen atoms in total. The molecule has 1 aliphatic rings. The lowest BCUT2D eigenvalue weighted by Gasteiger charge is -2.11. The first kappa shape index (κ1) is 9.69. The molecule has 2 N–H and O–H groups in total. The van der Waals surface area contributed by atoms with Crippen LogP contribution < -0.4 is 5.73 Å². The number of nitrogens with two attached hydrogens (primary N) is 1. The van der Waals surface area contributed by atoms with Crippen molar-refractivity contribution in [3.8, 4) is 0 Å². The van der Waals surface area contributed by atoms with Gasteiger partial charge in [-0.3, -0.25) is 0 Å². The van der Waals surface area contributed by atoms with Crippen LogP contribution in [0.5, 0.6) is 0 Å². The Kier molecular flexibility index (Phi) is 2.85. The van der Waals surface area contributed by atoms with Gasteiger partial charge in [-0.15, -0.1) is 0 Å². The largest absolute Gasteiger partial charge is 0.372 e. The molecular formula is C12H17NO. The zero-order valence-corrected chi connectivity index (χ0v) is 8.62. The zero-order chi connectivity index (χ0) is 9.97. The van der Waals surface area contributed by atoms with E-state index in [1.807, 2.05) is 0 Å². The maximum atomic E-state index is 6.06. The van der Waals surface area contributed by atoms with E-state index in [-0.39, 0.29) is 6.04 Å². The van der Waals surface area contributed by atoms with E-state index >= 15 is 0 Å². The number of fused-ring (bicyclic) bond motifs is 1. The van der Waals surface area contributed by atoms with Crippen LogP contribution in [0.4, 0.5) is 0 Å². The van der Waals surface area contributed by atoms with Crippen LogP contribution in [-0.4, -0.2) is 0 Å². The number of rotatable bonds is 3.